The lowest BCUT2D eigenvalue weighted by molar-refractivity contribution is -0.115. The van der Waals surface area contributed by atoms with Crippen LogP contribution in [0.2, 0.25) is 10.0 Å². The van der Waals surface area contributed by atoms with Crippen LogP contribution in [-0.2, 0) is 4.79 Å². The highest BCUT2D eigenvalue weighted by molar-refractivity contribution is 6.39. The van der Waals surface area contributed by atoms with Gasteiger partial charge in [0.25, 0.3) is 0 Å². The predicted octanol–water partition coefficient (Wildman–Crippen LogP) is 5.05. The van der Waals surface area contributed by atoms with Crippen LogP contribution in [0.15, 0.2) is 36.4 Å². The molecule has 0 saturated carbocycles. The molecule has 0 atom stereocenters. The molecule has 2 aromatic rings. The Morgan fingerprint density at radius 2 is 1.68 bits per heavy atom. The molecule has 0 spiro atoms. The number of anilines is 2. The molecule has 116 valence electrons. The molecule has 0 aliphatic carbocycles. The van der Waals surface area contributed by atoms with Crippen LogP contribution in [0, 0.1) is 13.8 Å². The van der Waals surface area contributed by atoms with Gasteiger partial charge in [0, 0.05) is 18.7 Å². The monoisotopic (exact) mass is 336 g/mol. The summed E-state index contributed by atoms with van der Waals surface area (Å²) in [6.45, 7) is 4.47. The number of amides is 1. The molecule has 5 heteroatoms. The molecule has 0 heterocycles. The van der Waals surface area contributed by atoms with Crippen molar-refractivity contribution in [2.45, 2.75) is 20.3 Å². The molecular weight excluding hydrogens is 319 g/mol. The third-order valence-corrected chi connectivity index (χ3v) is 4.13. The van der Waals surface area contributed by atoms with Crippen LogP contribution in [0.25, 0.3) is 0 Å². The Morgan fingerprint density at radius 1 is 1.05 bits per heavy atom. The fraction of sp³-hybridized carbons (Fsp3) is 0.235. The van der Waals surface area contributed by atoms with Crippen LogP contribution in [0.4, 0.5) is 11.4 Å². The van der Waals surface area contributed by atoms with Crippen molar-refractivity contribution in [1.29, 1.82) is 0 Å². The minimum atomic E-state index is -0.0515. The summed E-state index contributed by atoms with van der Waals surface area (Å²) < 4.78 is 0. The minimum Gasteiger partial charge on any atom is -0.382 e. The molecule has 0 aromatic heterocycles. The first kappa shape index (κ1) is 16.7. The molecule has 0 fully saturated rings. The number of carbonyl (C=O) groups is 1. The molecule has 0 aliphatic rings. The van der Waals surface area contributed by atoms with Crippen LogP contribution in [0.3, 0.4) is 0 Å². The first-order valence-electron chi connectivity index (χ1n) is 7.03. The van der Waals surface area contributed by atoms with E-state index in [1.807, 2.05) is 32.0 Å². The molecular formula is C17H18Cl2N2O. The SMILES string of the molecule is Cc1cccc(NC(=O)CCNc2c(Cl)cccc2Cl)c1C. The van der Waals surface area contributed by atoms with E-state index in [9.17, 15) is 4.79 Å². The van der Waals surface area contributed by atoms with Crippen LogP contribution < -0.4 is 10.6 Å². The van der Waals surface area contributed by atoms with Gasteiger partial charge in [0.05, 0.1) is 15.7 Å². The van der Waals surface area contributed by atoms with Crippen LogP contribution in [0.1, 0.15) is 17.5 Å². The molecule has 22 heavy (non-hydrogen) atoms. The van der Waals surface area contributed by atoms with Crippen molar-refractivity contribution < 1.29 is 4.79 Å². The van der Waals surface area contributed by atoms with Gasteiger partial charge in [-0.25, -0.2) is 0 Å². The Kier molecular flexibility index (Phi) is 5.69. The van der Waals surface area contributed by atoms with Crippen molar-refractivity contribution in [3.05, 3.63) is 57.6 Å². The van der Waals surface area contributed by atoms with Crippen molar-refractivity contribution in [3.63, 3.8) is 0 Å². The summed E-state index contributed by atoms with van der Waals surface area (Å²) in [5.41, 5.74) is 3.74. The van der Waals surface area contributed by atoms with E-state index < -0.39 is 0 Å². The Bertz CT molecular complexity index is 666. The van der Waals surface area contributed by atoms with E-state index in [0.717, 1.165) is 16.8 Å². The summed E-state index contributed by atoms with van der Waals surface area (Å²) in [6, 6.07) is 11.1. The second-order valence-electron chi connectivity index (χ2n) is 5.07. The maximum Gasteiger partial charge on any atom is 0.226 e. The van der Waals surface area contributed by atoms with Crippen LogP contribution in [0.5, 0.6) is 0 Å². The van der Waals surface area contributed by atoms with E-state index >= 15 is 0 Å². The standard InChI is InChI=1S/C17H18Cl2N2O/c1-11-5-3-8-15(12(11)2)21-16(22)9-10-20-17-13(18)6-4-7-14(17)19/h3-8,20H,9-10H2,1-2H3,(H,21,22). The Balaban J connectivity index is 1.90. The lowest BCUT2D eigenvalue weighted by atomic mass is 10.1. The number of nitrogens with one attached hydrogen (secondary N) is 2. The maximum atomic E-state index is 12.0. The topological polar surface area (TPSA) is 41.1 Å². The second kappa shape index (κ2) is 7.52. The molecule has 0 bridgehead atoms. The highest BCUT2D eigenvalue weighted by Crippen LogP contribution is 2.29. The lowest BCUT2D eigenvalue weighted by Crippen LogP contribution is -2.17. The fourth-order valence-corrected chi connectivity index (χ4v) is 2.60. The van der Waals surface area contributed by atoms with Crippen LogP contribution in [-0.4, -0.2) is 12.5 Å². The molecule has 2 N–H and O–H groups in total. The molecule has 0 aliphatic heterocycles. The van der Waals surface area contributed by atoms with Gasteiger partial charge in [0.15, 0.2) is 0 Å². The number of aryl methyl sites for hydroxylation is 1. The van der Waals surface area contributed by atoms with Gasteiger partial charge in [-0.2, -0.15) is 0 Å². The highest BCUT2D eigenvalue weighted by atomic mass is 35.5. The molecule has 1 amide bonds. The first-order valence-corrected chi connectivity index (χ1v) is 7.78. The molecule has 2 rings (SSSR count). The fourth-order valence-electron chi connectivity index (χ4n) is 2.07. The van der Waals surface area contributed by atoms with E-state index in [1.54, 1.807) is 18.2 Å². The Morgan fingerprint density at radius 3 is 2.36 bits per heavy atom. The number of carbonyl (C=O) groups excluding carboxylic acids is 1. The van der Waals surface area contributed by atoms with E-state index in [0.29, 0.717) is 28.7 Å². The number of hydrogen-bond acceptors (Lipinski definition) is 2. The predicted molar refractivity (Wildman–Crippen MR) is 94.1 cm³/mol. The van der Waals surface area contributed by atoms with E-state index in [2.05, 4.69) is 10.6 Å². The Labute approximate surface area is 140 Å². The van der Waals surface area contributed by atoms with Gasteiger partial charge in [-0.15, -0.1) is 0 Å². The molecule has 3 nitrogen and oxygen atoms in total. The summed E-state index contributed by atoms with van der Waals surface area (Å²) in [6.07, 6.45) is 0.328. The maximum absolute atomic E-state index is 12.0. The normalized spacial score (nSPS) is 10.4. The molecule has 0 radical (unpaired) electrons. The lowest BCUT2D eigenvalue weighted by Gasteiger charge is -2.12. The van der Waals surface area contributed by atoms with Crippen molar-refractivity contribution in [2.24, 2.45) is 0 Å². The quantitative estimate of drug-likeness (QED) is 0.801. The molecule has 0 unspecified atom stereocenters. The van der Waals surface area contributed by atoms with Gasteiger partial charge < -0.3 is 10.6 Å². The zero-order valence-corrected chi connectivity index (χ0v) is 14.1. The zero-order chi connectivity index (χ0) is 16.1. The van der Waals surface area contributed by atoms with Gasteiger partial charge in [0.2, 0.25) is 5.91 Å². The van der Waals surface area contributed by atoms with Gasteiger partial charge in [-0.3, -0.25) is 4.79 Å². The smallest absolute Gasteiger partial charge is 0.226 e. The number of halogens is 2. The summed E-state index contributed by atoms with van der Waals surface area (Å²) >= 11 is 12.1. The van der Waals surface area contributed by atoms with Crippen molar-refractivity contribution in [3.8, 4) is 0 Å². The van der Waals surface area contributed by atoms with Crippen molar-refractivity contribution >= 4 is 40.5 Å². The largest absolute Gasteiger partial charge is 0.382 e. The third kappa shape index (κ3) is 4.15. The van der Waals surface area contributed by atoms with E-state index in [1.165, 1.54) is 0 Å². The van der Waals surface area contributed by atoms with Gasteiger partial charge in [-0.05, 0) is 43.2 Å². The number of benzene rings is 2. The van der Waals surface area contributed by atoms with Crippen molar-refractivity contribution in [1.82, 2.24) is 0 Å². The molecule has 0 saturated heterocycles. The number of rotatable bonds is 5. The summed E-state index contributed by atoms with van der Waals surface area (Å²) in [5.74, 6) is -0.0515. The summed E-state index contributed by atoms with van der Waals surface area (Å²) in [7, 11) is 0. The number of para-hydroxylation sites is 1. The average Bonchev–Trinajstić information content (AvgIpc) is 2.47. The zero-order valence-electron chi connectivity index (χ0n) is 12.5. The summed E-state index contributed by atoms with van der Waals surface area (Å²) in [4.78, 5) is 12.0. The minimum absolute atomic E-state index is 0.0515. The van der Waals surface area contributed by atoms with Crippen LogP contribution >= 0.6 is 23.2 Å². The summed E-state index contributed by atoms with van der Waals surface area (Å²) in [5, 5.41) is 7.11. The van der Waals surface area contributed by atoms with E-state index in [4.69, 9.17) is 23.2 Å². The molecule has 2 aromatic carbocycles. The highest BCUT2D eigenvalue weighted by Gasteiger charge is 2.08. The van der Waals surface area contributed by atoms with E-state index in [-0.39, 0.29) is 5.91 Å². The van der Waals surface area contributed by atoms with Gasteiger partial charge in [-0.1, -0.05) is 41.4 Å². The third-order valence-electron chi connectivity index (χ3n) is 3.50. The van der Waals surface area contributed by atoms with Gasteiger partial charge in [0.1, 0.15) is 0 Å². The Hall–Kier alpha value is -1.71. The second-order valence-corrected chi connectivity index (χ2v) is 5.88. The number of hydrogen-bond donors (Lipinski definition) is 2. The van der Waals surface area contributed by atoms with Crippen molar-refractivity contribution in [2.75, 3.05) is 17.2 Å². The average molecular weight is 337 g/mol. The first-order chi connectivity index (χ1) is 10.5. The van der Waals surface area contributed by atoms with Gasteiger partial charge >= 0.3 is 0 Å².